The second-order valence-corrected chi connectivity index (χ2v) is 4.65. The van der Waals surface area contributed by atoms with Crippen molar-refractivity contribution in [3.63, 3.8) is 0 Å². The number of methoxy groups -OCH3 is 1. The number of benzene rings is 1. The highest BCUT2D eigenvalue weighted by molar-refractivity contribution is 6.32. The summed E-state index contributed by atoms with van der Waals surface area (Å²) >= 11 is 6.06. The smallest absolute Gasteiger partial charge is 0.152 e. The maximum Gasteiger partial charge on any atom is 0.152 e. The average molecular weight is 288 g/mol. The number of pyridine rings is 1. The molecule has 0 fully saturated rings. The molecule has 0 aliphatic rings. The molecule has 1 heterocycles. The van der Waals surface area contributed by atoms with E-state index in [0.717, 1.165) is 16.8 Å². The van der Waals surface area contributed by atoms with Gasteiger partial charge in [-0.05, 0) is 36.2 Å². The van der Waals surface area contributed by atoms with Crippen molar-refractivity contribution in [1.82, 2.24) is 4.98 Å². The first-order chi connectivity index (χ1) is 9.65. The van der Waals surface area contributed by atoms with Gasteiger partial charge in [0.25, 0.3) is 0 Å². The molecular weight excluding hydrogens is 274 g/mol. The molecule has 0 spiro atoms. The van der Waals surface area contributed by atoms with Crippen LogP contribution in [0, 0.1) is 18.3 Å². The van der Waals surface area contributed by atoms with Gasteiger partial charge in [-0.25, -0.2) is 4.98 Å². The second-order valence-electron chi connectivity index (χ2n) is 4.29. The van der Waals surface area contributed by atoms with Crippen LogP contribution < -0.4 is 10.1 Å². The fraction of sp³-hybridized carbons (Fsp3) is 0.200. The van der Waals surface area contributed by atoms with Gasteiger partial charge in [-0.1, -0.05) is 17.7 Å². The van der Waals surface area contributed by atoms with Crippen molar-refractivity contribution in [1.29, 1.82) is 5.26 Å². The predicted octanol–water partition coefficient (Wildman–Crippen LogP) is 3.54. The number of hydrogen-bond acceptors (Lipinski definition) is 4. The minimum Gasteiger partial charge on any atom is -0.495 e. The van der Waals surface area contributed by atoms with Gasteiger partial charge in [0.05, 0.1) is 18.4 Å². The first-order valence-corrected chi connectivity index (χ1v) is 6.45. The fourth-order valence-electron chi connectivity index (χ4n) is 1.88. The fourth-order valence-corrected chi connectivity index (χ4v) is 2.15. The number of nitrogens with one attached hydrogen (secondary N) is 1. The predicted molar refractivity (Wildman–Crippen MR) is 79.0 cm³/mol. The van der Waals surface area contributed by atoms with Crippen LogP contribution in [-0.2, 0) is 6.54 Å². The van der Waals surface area contributed by atoms with Gasteiger partial charge in [0.2, 0.25) is 0 Å². The zero-order chi connectivity index (χ0) is 14.5. The molecule has 2 rings (SSSR count). The molecule has 20 heavy (non-hydrogen) atoms. The van der Waals surface area contributed by atoms with Crippen LogP contribution in [0.2, 0.25) is 5.15 Å². The Kier molecular flexibility index (Phi) is 4.44. The van der Waals surface area contributed by atoms with Gasteiger partial charge in [-0.15, -0.1) is 0 Å². The normalized spacial score (nSPS) is 9.90. The Morgan fingerprint density at radius 2 is 2.20 bits per heavy atom. The highest BCUT2D eigenvalue weighted by Crippen LogP contribution is 2.24. The summed E-state index contributed by atoms with van der Waals surface area (Å²) in [6.07, 6.45) is 1.67. The molecule has 4 nitrogen and oxygen atoms in total. The van der Waals surface area contributed by atoms with E-state index in [1.807, 2.05) is 19.1 Å². The highest BCUT2D eigenvalue weighted by Gasteiger charge is 2.06. The van der Waals surface area contributed by atoms with E-state index >= 15 is 0 Å². The van der Waals surface area contributed by atoms with Gasteiger partial charge in [-0.3, -0.25) is 0 Å². The summed E-state index contributed by atoms with van der Waals surface area (Å²) in [6.45, 7) is 2.52. The molecule has 0 unspecified atom stereocenters. The topological polar surface area (TPSA) is 57.9 Å². The quantitative estimate of drug-likeness (QED) is 0.874. The maximum atomic E-state index is 9.07. The van der Waals surface area contributed by atoms with E-state index in [9.17, 15) is 0 Å². The molecule has 0 bridgehead atoms. The van der Waals surface area contributed by atoms with E-state index in [0.29, 0.717) is 23.0 Å². The van der Waals surface area contributed by atoms with E-state index < -0.39 is 0 Å². The molecule has 0 amide bonds. The lowest BCUT2D eigenvalue weighted by molar-refractivity contribution is 0.413. The summed E-state index contributed by atoms with van der Waals surface area (Å²) < 4.78 is 5.12. The molecule has 0 saturated carbocycles. The van der Waals surface area contributed by atoms with Crippen molar-refractivity contribution in [2.75, 3.05) is 12.4 Å². The van der Waals surface area contributed by atoms with Crippen molar-refractivity contribution in [3.05, 3.63) is 52.3 Å². The van der Waals surface area contributed by atoms with Crippen LogP contribution >= 0.6 is 11.6 Å². The van der Waals surface area contributed by atoms with E-state index in [-0.39, 0.29) is 0 Å². The SMILES string of the molecule is COc1ccc(CNc2c(C)ccnc2Cl)cc1C#N. The monoisotopic (exact) mass is 287 g/mol. The molecular formula is C15H14ClN3O. The summed E-state index contributed by atoms with van der Waals surface area (Å²) in [5.41, 5.74) is 3.32. The van der Waals surface area contributed by atoms with Gasteiger partial charge < -0.3 is 10.1 Å². The average Bonchev–Trinajstić information content (AvgIpc) is 2.46. The summed E-state index contributed by atoms with van der Waals surface area (Å²) in [5, 5.41) is 12.8. The van der Waals surface area contributed by atoms with Crippen LogP contribution in [-0.4, -0.2) is 12.1 Å². The summed E-state index contributed by atoms with van der Waals surface area (Å²) in [7, 11) is 1.55. The summed E-state index contributed by atoms with van der Waals surface area (Å²) in [6, 6.07) is 9.50. The van der Waals surface area contributed by atoms with Crippen LogP contribution in [0.1, 0.15) is 16.7 Å². The number of hydrogen-bond donors (Lipinski definition) is 1. The molecule has 0 aliphatic heterocycles. The van der Waals surface area contributed by atoms with Crippen LogP contribution in [0.15, 0.2) is 30.5 Å². The number of nitriles is 1. The van der Waals surface area contributed by atoms with Gasteiger partial charge in [0, 0.05) is 12.7 Å². The minimum atomic E-state index is 0.444. The number of rotatable bonds is 4. The Labute approximate surface area is 123 Å². The van der Waals surface area contributed by atoms with E-state index in [1.54, 1.807) is 25.4 Å². The molecule has 1 aromatic carbocycles. The van der Waals surface area contributed by atoms with E-state index in [1.165, 1.54) is 0 Å². The lowest BCUT2D eigenvalue weighted by Crippen LogP contribution is -2.03. The lowest BCUT2D eigenvalue weighted by Gasteiger charge is -2.11. The highest BCUT2D eigenvalue weighted by atomic mass is 35.5. The van der Waals surface area contributed by atoms with Crippen molar-refractivity contribution >= 4 is 17.3 Å². The second kappa shape index (κ2) is 6.27. The number of halogens is 1. The van der Waals surface area contributed by atoms with Crippen molar-refractivity contribution < 1.29 is 4.74 Å². The Hall–Kier alpha value is -2.25. The lowest BCUT2D eigenvalue weighted by atomic mass is 10.1. The maximum absolute atomic E-state index is 9.07. The van der Waals surface area contributed by atoms with E-state index in [4.69, 9.17) is 21.6 Å². The molecule has 1 N–H and O–H groups in total. The standard InChI is InChI=1S/C15H14ClN3O/c1-10-5-6-18-15(16)14(10)19-9-11-3-4-13(20-2)12(7-11)8-17/h3-7,19H,9H2,1-2H3. The Morgan fingerprint density at radius 3 is 2.85 bits per heavy atom. The zero-order valence-electron chi connectivity index (χ0n) is 11.3. The largest absolute Gasteiger partial charge is 0.495 e. The van der Waals surface area contributed by atoms with Crippen LogP contribution in [0.4, 0.5) is 5.69 Å². The summed E-state index contributed by atoms with van der Waals surface area (Å²) in [4.78, 5) is 4.04. The van der Waals surface area contributed by atoms with Crippen molar-refractivity contribution in [2.45, 2.75) is 13.5 Å². The number of anilines is 1. The zero-order valence-corrected chi connectivity index (χ0v) is 12.0. The third kappa shape index (κ3) is 3.01. The van der Waals surface area contributed by atoms with Gasteiger partial charge in [0.15, 0.2) is 5.15 Å². The Balaban J connectivity index is 2.18. The van der Waals surface area contributed by atoms with Gasteiger partial charge >= 0.3 is 0 Å². The third-order valence-electron chi connectivity index (χ3n) is 2.97. The third-order valence-corrected chi connectivity index (χ3v) is 3.25. The first kappa shape index (κ1) is 14.2. The molecule has 5 heteroatoms. The van der Waals surface area contributed by atoms with Crippen molar-refractivity contribution in [3.8, 4) is 11.8 Å². The van der Waals surface area contributed by atoms with Crippen LogP contribution in [0.5, 0.6) is 5.75 Å². The Bertz CT molecular complexity index is 644. The van der Waals surface area contributed by atoms with E-state index in [2.05, 4.69) is 16.4 Å². The molecule has 2 aromatic rings. The Morgan fingerprint density at radius 1 is 1.40 bits per heavy atom. The number of aromatic nitrogens is 1. The number of ether oxygens (including phenoxy) is 1. The van der Waals surface area contributed by atoms with Gasteiger partial charge in [-0.2, -0.15) is 5.26 Å². The molecule has 0 saturated heterocycles. The molecule has 0 radical (unpaired) electrons. The number of aryl methyl sites for hydroxylation is 1. The summed E-state index contributed by atoms with van der Waals surface area (Å²) in [5.74, 6) is 0.576. The first-order valence-electron chi connectivity index (χ1n) is 6.07. The molecule has 0 aliphatic carbocycles. The van der Waals surface area contributed by atoms with Crippen LogP contribution in [0.3, 0.4) is 0 Å². The molecule has 0 atom stereocenters. The molecule has 102 valence electrons. The van der Waals surface area contributed by atoms with Crippen molar-refractivity contribution in [2.24, 2.45) is 0 Å². The minimum absolute atomic E-state index is 0.444. The number of nitrogens with zero attached hydrogens (tertiary/aromatic N) is 2. The molecule has 1 aromatic heterocycles. The van der Waals surface area contributed by atoms with Crippen LogP contribution in [0.25, 0.3) is 0 Å². The van der Waals surface area contributed by atoms with Gasteiger partial charge in [0.1, 0.15) is 11.8 Å².